The number of ether oxygens (including phenoxy) is 1. The van der Waals surface area contributed by atoms with Crippen molar-refractivity contribution in [3.05, 3.63) is 34.9 Å². The Morgan fingerprint density at radius 1 is 1.17 bits per heavy atom. The summed E-state index contributed by atoms with van der Waals surface area (Å²) in [5.74, 6) is -0.549. The smallest absolute Gasteiger partial charge is 0.416 e. The van der Waals surface area contributed by atoms with Crippen LogP contribution in [0.25, 0.3) is 0 Å². The maximum absolute atomic E-state index is 13.4. The lowest BCUT2D eigenvalue weighted by Gasteiger charge is -2.34. The predicted molar refractivity (Wildman–Crippen MR) is 84.6 cm³/mol. The summed E-state index contributed by atoms with van der Waals surface area (Å²) in [5, 5.41) is 0. The van der Waals surface area contributed by atoms with Crippen LogP contribution in [-0.2, 0) is 28.7 Å². The minimum atomic E-state index is -4.44. The molecule has 0 bridgehead atoms. The number of carbonyl (C=O) groups is 1. The third-order valence-corrected chi connectivity index (χ3v) is 4.36. The summed E-state index contributed by atoms with van der Waals surface area (Å²) < 4.78 is 44.6. The molecule has 1 saturated heterocycles. The van der Waals surface area contributed by atoms with Gasteiger partial charge in [0.1, 0.15) is 0 Å². The highest BCUT2D eigenvalue weighted by molar-refractivity contribution is 5.72. The Morgan fingerprint density at radius 3 is 2.33 bits per heavy atom. The van der Waals surface area contributed by atoms with Gasteiger partial charge in [0.05, 0.1) is 19.1 Å². The van der Waals surface area contributed by atoms with Crippen LogP contribution >= 0.6 is 0 Å². The van der Waals surface area contributed by atoms with Crippen molar-refractivity contribution in [1.29, 1.82) is 0 Å². The van der Waals surface area contributed by atoms with Gasteiger partial charge in [-0.25, -0.2) is 0 Å². The van der Waals surface area contributed by atoms with E-state index in [-0.39, 0.29) is 18.5 Å². The molecular weight excluding hydrogens is 321 g/mol. The molecule has 0 radical (unpaired) electrons. The zero-order valence-corrected chi connectivity index (χ0v) is 14.0. The summed E-state index contributed by atoms with van der Waals surface area (Å²) in [4.78, 5) is 15.6. The Labute approximate surface area is 140 Å². The van der Waals surface area contributed by atoms with Crippen LogP contribution in [0.2, 0.25) is 0 Å². The lowest BCUT2D eigenvalue weighted by Crippen LogP contribution is -2.45. The van der Waals surface area contributed by atoms with Crippen LogP contribution in [0, 0.1) is 0 Å². The van der Waals surface area contributed by atoms with Gasteiger partial charge in [-0.2, -0.15) is 13.2 Å². The highest BCUT2D eigenvalue weighted by Crippen LogP contribution is 2.33. The maximum atomic E-state index is 13.4. The number of esters is 1. The minimum absolute atomic E-state index is 0.158. The quantitative estimate of drug-likeness (QED) is 0.769. The summed E-state index contributed by atoms with van der Waals surface area (Å²) >= 11 is 0. The van der Waals surface area contributed by atoms with Gasteiger partial charge in [0, 0.05) is 32.7 Å². The second-order valence-electron chi connectivity index (χ2n) is 5.95. The monoisotopic (exact) mass is 344 g/mol. The number of likely N-dealkylation sites (N-methyl/N-ethyl adjacent to an activating group) is 1. The second-order valence-corrected chi connectivity index (χ2v) is 5.95. The van der Waals surface area contributed by atoms with E-state index in [9.17, 15) is 18.0 Å². The molecule has 1 aromatic rings. The van der Waals surface area contributed by atoms with Crippen molar-refractivity contribution >= 4 is 5.97 Å². The number of hydrogen-bond acceptors (Lipinski definition) is 4. The molecule has 1 fully saturated rings. The summed E-state index contributed by atoms with van der Waals surface area (Å²) in [5.41, 5.74) is -0.100. The summed E-state index contributed by atoms with van der Waals surface area (Å²) in [6.45, 7) is 6.58. The van der Waals surface area contributed by atoms with E-state index >= 15 is 0 Å². The Balaban J connectivity index is 2.15. The van der Waals surface area contributed by atoms with Gasteiger partial charge in [0.15, 0.2) is 0 Å². The Bertz CT molecular complexity index is 567. The molecule has 7 heteroatoms. The minimum Gasteiger partial charge on any atom is -0.469 e. The molecule has 0 amide bonds. The number of hydrogen-bond donors (Lipinski definition) is 0. The Hall–Kier alpha value is -1.60. The van der Waals surface area contributed by atoms with Crippen LogP contribution in [0.1, 0.15) is 23.6 Å². The van der Waals surface area contributed by atoms with Crippen LogP contribution in [0.4, 0.5) is 13.2 Å². The van der Waals surface area contributed by atoms with Gasteiger partial charge in [-0.3, -0.25) is 9.69 Å². The van der Waals surface area contributed by atoms with E-state index in [1.807, 2.05) is 4.90 Å². The van der Waals surface area contributed by atoms with Crippen LogP contribution in [0.3, 0.4) is 0 Å². The fourth-order valence-corrected chi connectivity index (χ4v) is 2.88. The third kappa shape index (κ3) is 4.95. The molecule has 1 aliphatic heterocycles. The first-order valence-electron chi connectivity index (χ1n) is 8.04. The van der Waals surface area contributed by atoms with E-state index in [1.165, 1.54) is 13.2 Å². The lowest BCUT2D eigenvalue weighted by molar-refractivity contribution is -0.141. The summed E-state index contributed by atoms with van der Waals surface area (Å²) in [6.07, 6.45) is -4.60. The second kappa shape index (κ2) is 7.98. The van der Waals surface area contributed by atoms with E-state index in [2.05, 4.69) is 16.6 Å². The molecule has 4 nitrogen and oxygen atoms in total. The van der Waals surface area contributed by atoms with E-state index in [1.54, 1.807) is 6.07 Å². The molecule has 1 heterocycles. The molecule has 0 saturated carbocycles. The zero-order valence-electron chi connectivity index (χ0n) is 14.0. The largest absolute Gasteiger partial charge is 0.469 e. The van der Waals surface area contributed by atoms with Gasteiger partial charge in [-0.15, -0.1) is 0 Å². The summed E-state index contributed by atoms with van der Waals surface area (Å²) in [6, 6.07) is 4.12. The topological polar surface area (TPSA) is 32.8 Å². The maximum Gasteiger partial charge on any atom is 0.416 e. The number of benzene rings is 1. The average Bonchev–Trinajstić information content (AvgIpc) is 2.55. The van der Waals surface area contributed by atoms with Crippen LogP contribution < -0.4 is 0 Å². The van der Waals surface area contributed by atoms with E-state index in [4.69, 9.17) is 0 Å². The number of halogens is 3. The highest BCUT2D eigenvalue weighted by Gasteiger charge is 2.34. The Morgan fingerprint density at radius 2 is 1.79 bits per heavy atom. The zero-order chi connectivity index (χ0) is 17.7. The molecule has 134 valence electrons. The molecule has 0 spiro atoms. The molecule has 0 atom stereocenters. The van der Waals surface area contributed by atoms with Gasteiger partial charge < -0.3 is 9.64 Å². The first-order valence-corrected chi connectivity index (χ1v) is 8.04. The van der Waals surface area contributed by atoms with Crippen molar-refractivity contribution < 1.29 is 22.7 Å². The van der Waals surface area contributed by atoms with Crippen molar-refractivity contribution in [3.8, 4) is 0 Å². The van der Waals surface area contributed by atoms with E-state index < -0.39 is 17.7 Å². The third-order valence-electron chi connectivity index (χ3n) is 4.36. The molecule has 24 heavy (non-hydrogen) atoms. The fraction of sp³-hybridized carbons (Fsp3) is 0.588. The first kappa shape index (κ1) is 18.7. The van der Waals surface area contributed by atoms with Crippen molar-refractivity contribution in [2.75, 3.05) is 39.8 Å². The number of carbonyl (C=O) groups excluding carboxylic acids is 1. The molecule has 2 rings (SSSR count). The van der Waals surface area contributed by atoms with Crippen molar-refractivity contribution in [2.24, 2.45) is 0 Å². The van der Waals surface area contributed by atoms with E-state index in [0.29, 0.717) is 5.56 Å². The normalized spacial score (nSPS) is 17.0. The molecule has 0 N–H and O–H groups in total. The van der Waals surface area contributed by atoms with Crippen LogP contribution in [-0.4, -0.2) is 55.6 Å². The van der Waals surface area contributed by atoms with Crippen LogP contribution in [0.5, 0.6) is 0 Å². The number of rotatable bonds is 5. The molecule has 0 unspecified atom stereocenters. The van der Waals surface area contributed by atoms with Crippen LogP contribution in [0.15, 0.2) is 18.2 Å². The van der Waals surface area contributed by atoms with E-state index in [0.717, 1.165) is 38.8 Å². The number of methoxy groups -OCH3 is 1. The van der Waals surface area contributed by atoms with Gasteiger partial charge >= 0.3 is 12.1 Å². The van der Waals surface area contributed by atoms with Gasteiger partial charge in [-0.1, -0.05) is 19.1 Å². The standard InChI is InChI=1S/C17H23F3N2O2/c1-3-21-6-8-22(9-7-21)12-14-5-4-13(11-16(23)24-2)10-15(14)17(18,19)20/h4-5,10H,3,6-9,11-12H2,1-2H3. The number of piperazine rings is 1. The van der Waals surface area contributed by atoms with Crippen molar-refractivity contribution in [3.63, 3.8) is 0 Å². The van der Waals surface area contributed by atoms with Crippen molar-refractivity contribution in [1.82, 2.24) is 9.80 Å². The molecular formula is C17H23F3N2O2. The number of alkyl halides is 3. The molecule has 0 aliphatic carbocycles. The van der Waals surface area contributed by atoms with Crippen molar-refractivity contribution in [2.45, 2.75) is 26.1 Å². The Kier molecular flexibility index (Phi) is 6.23. The van der Waals surface area contributed by atoms with Gasteiger partial charge in [0.2, 0.25) is 0 Å². The fourth-order valence-electron chi connectivity index (χ4n) is 2.88. The lowest BCUT2D eigenvalue weighted by atomic mass is 10.0. The van der Waals surface area contributed by atoms with Gasteiger partial charge in [-0.05, 0) is 23.7 Å². The highest BCUT2D eigenvalue weighted by atomic mass is 19.4. The SMILES string of the molecule is CCN1CCN(Cc2ccc(CC(=O)OC)cc2C(F)(F)F)CC1. The molecule has 0 aromatic heterocycles. The summed E-state index contributed by atoms with van der Waals surface area (Å²) in [7, 11) is 1.22. The average molecular weight is 344 g/mol. The molecule has 1 aromatic carbocycles. The number of nitrogens with zero attached hydrogens (tertiary/aromatic N) is 2. The predicted octanol–water partition coefficient (Wildman–Crippen LogP) is 2.56. The first-order chi connectivity index (χ1) is 11.3. The molecule has 1 aliphatic rings. The van der Waals surface area contributed by atoms with Gasteiger partial charge in [0.25, 0.3) is 0 Å².